The Morgan fingerprint density at radius 3 is 2.54 bits per heavy atom. The third-order valence-electron chi connectivity index (χ3n) is 11.9. The minimum absolute atomic E-state index is 0.0341. The number of aliphatic hydroxyl groups excluding tert-OH is 1. The van der Waals surface area contributed by atoms with Gasteiger partial charge in [0.05, 0.1) is 23.2 Å². The number of ketones is 1. The molecule has 192 valence electrons. The number of aliphatic hydroxyl groups is 3. The van der Waals surface area contributed by atoms with Gasteiger partial charge in [-0.1, -0.05) is 25.5 Å². The molecule has 2 heterocycles. The maximum atomic E-state index is 13.3. The lowest BCUT2D eigenvalue weighted by atomic mass is 9.42. The number of hydrogen-bond acceptors (Lipinski definition) is 7. The number of carbonyl (C=O) groups is 2. The molecule has 0 radical (unpaired) electrons. The monoisotopic (exact) mass is 486 g/mol. The molecule has 2 aliphatic heterocycles. The van der Waals surface area contributed by atoms with E-state index in [1.54, 1.807) is 19.1 Å². The molecule has 35 heavy (non-hydrogen) atoms. The molecular weight excluding hydrogens is 448 g/mol. The molecule has 0 aromatic carbocycles. The molecule has 0 aromatic rings. The summed E-state index contributed by atoms with van der Waals surface area (Å²) in [5, 5.41) is 35.8. The first-order chi connectivity index (χ1) is 16.3. The van der Waals surface area contributed by atoms with Gasteiger partial charge in [-0.25, -0.2) is 4.79 Å². The summed E-state index contributed by atoms with van der Waals surface area (Å²) in [5.41, 5.74) is -2.78. The van der Waals surface area contributed by atoms with Crippen LogP contribution in [0.2, 0.25) is 0 Å². The lowest BCUT2D eigenvalue weighted by Crippen LogP contribution is -2.71. The largest absolute Gasteiger partial charge is 0.458 e. The van der Waals surface area contributed by atoms with Crippen LogP contribution < -0.4 is 0 Å². The van der Waals surface area contributed by atoms with E-state index < -0.39 is 40.3 Å². The summed E-state index contributed by atoms with van der Waals surface area (Å²) in [7, 11) is 0. The summed E-state index contributed by atoms with van der Waals surface area (Å²) in [4.78, 5) is 25.7. The maximum absolute atomic E-state index is 13.3. The molecule has 7 heteroatoms. The van der Waals surface area contributed by atoms with Crippen molar-refractivity contribution in [2.75, 3.05) is 0 Å². The molecule has 7 nitrogen and oxygen atoms in total. The molecule has 4 aliphatic carbocycles. The van der Waals surface area contributed by atoms with Crippen molar-refractivity contribution in [1.29, 1.82) is 0 Å². The third kappa shape index (κ3) is 2.61. The van der Waals surface area contributed by atoms with E-state index in [1.165, 1.54) is 0 Å². The maximum Gasteiger partial charge on any atom is 0.333 e. The van der Waals surface area contributed by atoms with Gasteiger partial charge in [-0.15, -0.1) is 0 Å². The number of allylic oxidation sites excluding steroid dienone is 1. The van der Waals surface area contributed by atoms with Crippen LogP contribution in [0, 0.1) is 34.5 Å². The van der Waals surface area contributed by atoms with Crippen LogP contribution in [0.4, 0.5) is 0 Å². The van der Waals surface area contributed by atoms with Gasteiger partial charge in [0.15, 0.2) is 5.78 Å². The molecule has 12 atom stereocenters. The van der Waals surface area contributed by atoms with Crippen molar-refractivity contribution in [1.82, 2.24) is 0 Å². The predicted molar refractivity (Wildman–Crippen MR) is 126 cm³/mol. The van der Waals surface area contributed by atoms with E-state index in [4.69, 9.17) is 9.47 Å². The van der Waals surface area contributed by atoms with E-state index >= 15 is 0 Å². The zero-order valence-electron chi connectivity index (χ0n) is 21.3. The standard InChI is InChI=1S/C28H38O7/c1-13-11-18(34-24(31)14(13)2)15(3)27(32)10-8-16-21-17(12-20(30)25(16,27)4)26(5)19(29)7-6-9-28(26,33)23-22(21)35-23/h6-7,15-18,20-23,30,32-33H,8-12H2,1-5H3. The zero-order valence-corrected chi connectivity index (χ0v) is 21.3. The lowest BCUT2D eigenvalue weighted by molar-refractivity contribution is -0.234. The topological polar surface area (TPSA) is 117 Å². The Morgan fingerprint density at radius 1 is 1.14 bits per heavy atom. The van der Waals surface area contributed by atoms with Gasteiger partial charge in [0.1, 0.15) is 17.8 Å². The van der Waals surface area contributed by atoms with Crippen molar-refractivity contribution in [2.45, 2.75) is 102 Å². The fourth-order valence-electron chi connectivity index (χ4n) is 9.26. The summed E-state index contributed by atoms with van der Waals surface area (Å²) >= 11 is 0. The Labute approximate surface area is 206 Å². The van der Waals surface area contributed by atoms with Crippen molar-refractivity contribution in [3.05, 3.63) is 23.3 Å². The second kappa shape index (κ2) is 7.06. The highest BCUT2D eigenvalue weighted by Gasteiger charge is 2.80. The number of cyclic esters (lactones) is 1. The lowest BCUT2D eigenvalue weighted by Gasteiger charge is -2.62. The van der Waals surface area contributed by atoms with E-state index in [1.807, 2.05) is 27.7 Å². The van der Waals surface area contributed by atoms with Gasteiger partial charge in [0, 0.05) is 23.3 Å². The molecule has 1 saturated heterocycles. The molecule has 3 N–H and O–H groups in total. The van der Waals surface area contributed by atoms with Crippen LogP contribution in [-0.2, 0) is 19.1 Å². The van der Waals surface area contributed by atoms with Gasteiger partial charge in [0.25, 0.3) is 0 Å². The molecule has 12 unspecified atom stereocenters. The molecule has 0 bridgehead atoms. The van der Waals surface area contributed by atoms with Crippen molar-refractivity contribution >= 4 is 11.8 Å². The smallest absolute Gasteiger partial charge is 0.333 e. The highest BCUT2D eigenvalue weighted by atomic mass is 16.6. The Hall–Kier alpha value is -1.54. The predicted octanol–water partition coefficient (Wildman–Crippen LogP) is 2.47. The number of fused-ring (bicyclic) bond motifs is 8. The summed E-state index contributed by atoms with van der Waals surface area (Å²) in [6, 6.07) is 0. The fraction of sp³-hybridized carbons (Fsp3) is 0.786. The first-order valence-corrected chi connectivity index (χ1v) is 13.2. The van der Waals surface area contributed by atoms with Crippen molar-refractivity contribution in [2.24, 2.45) is 34.5 Å². The average molecular weight is 487 g/mol. The van der Waals surface area contributed by atoms with Crippen LogP contribution in [0.1, 0.15) is 66.7 Å². The van der Waals surface area contributed by atoms with Crippen LogP contribution in [-0.4, -0.2) is 62.7 Å². The SMILES string of the molecule is CC1=C(C)C(=O)OC(C(C)C2(O)CCC3C4C5OC5C5(O)CC=CC(=O)C5(C)C4CC(O)C32C)C1. The van der Waals surface area contributed by atoms with E-state index in [-0.39, 0.29) is 41.5 Å². The van der Waals surface area contributed by atoms with Crippen LogP contribution in [0.3, 0.4) is 0 Å². The Kier molecular flexibility index (Phi) is 4.81. The average Bonchev–Trinajstić information content (AvgIpc) is 3.56. The normalized spacial score (nSPS) is 55.5. The Morgan fingerprint density at radius 2 is 1.86 bits per heavy atom. The minimum atomic E-state index is -1.27. The molecule has 6 aliphatic rings. The van der Waals surface area contributed by atoms with Crippen LogP contribution in [0.25, 0.3) is 0 Å². The molecule has 4 fully saturated rings. The van der Waals surface area contributed by atoms with Gasteiger partial charge in [-0.2, -0.15) is 0 Å². The van der Waals surface area contributed by atoms with Gasteiger partial charge in [0.2, 0.25) is 0 Å². The summed E-state index contributed by atoms with van der Waals surface area (Å²) in [6.45, 7) is 9.47. The summed E-state index contributed by atoms with van der Waals surface area (Å²) < 4.78 is 11.9. The minimum Gasteiger partial charge on any atom is -0.458 e. The number of carbonyl (C=O) groups excluding carboxylic acids is 2. The Balaban J connectivity index is 1.37. The highest BCUT2D eigenvalue weighted by molar-refractivity contribution is 5.97. The van der Waals surface area contributed by atoms with E-state index in [0.29, 0.717) is 37.7 Å². The summed E-state index contributed by atoms with van der Waals surface area (Å²) in [6.07, 6.45) is 3.87. The number of rotatable bonds is 2. The number of epoxide rings is 1. The molecule has 0 aromatic heterocycles. The first kappa shape index (κ1) is 23.8. The fourth-order valence-corrected chi connectivity index (χ4v) is 9.26. The third-order valence-corrected chi connectivity index (χ3v) is 11.9. The van der Waals surface area contributed by atoms with Crippen molar-refractivity contribution in [3.8, 4) is 0 Å². The van der Waals surface area contributed by atoms with E-state index in [9.17, 15) is 24.9 Å². The quantitative estimate of drug-likeness (QED) is 0.406. The molecule has 0 spiro atoms. The van der Waals surface area contributed by atoms with Gasteiger partial charge in [-0.3, -0.25) is 4.79 Å². The van der Waals surface area contributed by atoms with Gasteiger partial charge >= 0.3 is 5.97 Å². The van der Waals surface area contributed by atoms with Crippen LogP contribution in [0.15, 0.2) is 23.3 Å². The molecule has 6 rings (SSSR count). The molecule has 0 amide bonds. The number of esters is 1. The number of ether oxygens (including phenoxy) is 2. The molecule has 3 saturated carbocycles. The van der Waals surface area contributed by atoms with Crippen molar-refractivity contribution in [3.63, 3.8) is 0 Å². The second-order valence-corrected chi connectivity index (χ2v) is 12.7. The second-order valence-electron chi connectivity index (χ2n) is 12.7. The van der Waals surface area contributed by atoms with Crippen molar-refractivity contribution < 1.29 is 34.4 Å². The van der Waals surface area contributed by atoms with E-state index in [2.05, 4.69) is 0 Å². The van der Waals surface area contributed by atoms with Gasteiger partial charge in [-0.05, 0) is 70.3 Å². The number of hydrogen-bond donors (Lipinski definition) is 3. The molecular formula is C28H38O7. The van der Waals surface area contributed by atoms with Gasteiger partial charge < -0.3 is 24.8 Å². The summed E-state index contributed by atoms with van der Waals surface area (Å²) in [5.74, 6) is -1.15. The zero-order chi connectivity index (χ0) is 25.3. The Bertz CT molecular complexity index is 1060. The van der Waals surface area contributed by atoms with Crippen LogP contribution >= 0.6 is 0 Å². The van der Waals surface area contributed by atoms with Crippen LogP contribution in [0.5, 0.6) is 0 Å². The first-order valence-electron chi connectivity index (χ1n) is 13.2. The highest BCUT2D eigenvalue weighted by Crippen LogP contribution is 2.72. The van der Waals surface area contributed by atoms with E-state index in [0.717, 1.165) is 5.57 Å².